The van der Waals surface area contributed by atoms with Crippen molar-refractivity contribution >= 4 is 17.5 Å². The highest BCUT2D eigenvalue weighted by molar-refractivity contribution is 5.62. The lowest BCUT2D eigenvalue weighted by Gasteiger charge is -2.20. The van der Waals surface area contributed by atoms with Gasteiger partial charge in [0.15, 0.2) is 0 Å². The van der Waals surface area contributed by atoms with Gasteiger partial charge in [0.2, 0.25) is 11.8 Å². The van der Waals surface area contributed by atoms with Crippen LogP contribution < -0.4 is 10.2 Å². The van der Waals surface area contributed by atoms with E-state index < -0.39 is 4.92 Å². The summed E-state index contributed by atoms with van der Waals surface area (Å²) in [5.74, 6) is 0.274. The van der Waals surface area contributed by atoms with Gasteiger partial charge in [0.05, 0.1) is 16.9 Å². The van der Waals surface area contributed by atoms with Crippen molar-refractivity contribution in [3.8, 4) is 6.07 Å². The predicted molar refractivity (Wildman–Crippen MR) is 71.0 cm³/mol. The first-order valence-corrected chi connectivity index (χ1v) is 5.72. The second-order valence-electron chi connectivity index (χ2n) is 4.22. The van der Waals surface area contributed by atoms with Gasteiger partial charge in [-0.25, -0.2) is 4.98 Å². The third-order valence-corrected chi connectivity index (χ3v) is 2.58. The molecule has 8 nitrogen and oxygen atoms in total. The minimum atomic E-state index is -0.502. The molecule has 0 fully saturated rings. The van der Waals surface area contributed by atoms with Crippen LogP contribution in [0.3, 0.4) is 0 Å². The number of nitrogens with zero attached hydrogens (tertiary/aromatic N) is 5. The number of nitrogens with one attached hydrogen (secondary N) is 1. The van der Waals surface area contributed by atoms with E-state index in [1.54, 1.807) is 32.8 Å². The first-order valence-electron chi connectivity index (χ1n) is 5.72. The van der Waals surface area contributed by atoms with Crippen molar-refractivity contribution in [1.29, 1.82) is 5.26 Å². The molecular formula is C11H16N6O2. The third kappa shape index (κ3) is 3.28. The lowest BCUT2D eigenvalue weighted by Crippen LogP contribution is -2.26. The summed E-state index contributed by atoms with van der Waals surface area (Å²) in [6.07, 6.45) is 0. The normalized spacial score (nSPS) is 11.5. The lowest BCUT2D eigenvalue weighted by molar-refractivity contribution is -0.385. The molecule has 1 rings (SSSR count). The maximum Gasteiger partial charge on any atom is 0.332 e. The standard InChI is InChI=1S/C11H16N6O2/c1-7(5-12)6-16(4)10-9(17(18)19)8(2)14-11(13-3)15-10/h7H,6H2,1-4H3,(H,13,14,15). The highest BCUT2D eigenvalue weighted by Gasteiger charge is 2.25. The topological polar surface area (TPSA) is 108 Å². The largest absolute Gasteiger partial charge is 0.357 e. The zero-order chi connectivity index (χ0) is 14.6. The number of aromatic nitrogens is 2. The SMILES string of the molecule is CNc1nc(C)c([N+](=O)[O-])c(N(C)CC(C)C#N)n1. The average molecular weight is 264 g/mol. The summed E-state index contributed by atoms with van der Waals surface area (Å²) in [4.78, 5) is 20.3. The summed E-state index contributed by atoms with van der Waals surface area (Å²) in [6, 6.07) is 2.09. The molecule has 1 aromatic heterocycles. The van der Waals surface area contributed by atoms with Crippen LogP contribution in [0, 0.1) is 34.3 Å². The van der Waals surface area contributed by atoms with Gasteiger partial charge in [-0.05, 0) is 13.8 Å². The molecule has 0 saturated heterocycles. The highest BCUT2D eigenvalue weighted by Crippen LogP contribution is 2.29. The van der Waals surface area contributed by atoms with Crippen LogP contribution in [0.1, 0.15) is 12.6 Å². The molecule has 1 unspecified atom stereocenters. The fraction of sp³-hybridized carbons (Fsp3) is 0.545. The van der Waals surface area contributed by atoms with Gasteiger partial charge in [0, 0.05) is 20.6 Å². The highest BCUT2D eigenvalue weighted by atomic mass is 16.6. The molecule has 0 radical (unpaired) electrons. The Labute approximate surface area is 111 Å². The van der Waals surface area contributed by atoms with Gasteiger partial charge < -0.3 is 10.2 Å². The molecule has 1 atom stereocenters. The molecule has 1 aromatic rings. The number of rotatable bonds is 5. The quantitative estimate of drug-likeness (QED) is 0.631. The molecule has 8 heteroatoms. The molecule has 0 bridgehead atoms. The maximum atomic E-state index is 11.1. The molecule has 0 aliphatic carbocycles. The molecule has 1 heterocycles. The van der Waals surface area contributed by atoms with E-state index in [2.05, 4.69) is 21.4 Å². The Kier molecular flexibility index (Phi) is 4.58. The number of nitriles is 1. The summed E-state index contributed by atoms with van der Waals surface area (Å²) in [5, 5.41) is 22.7. The maximum absolute atomic E-state index is 11.1. The summed E-state index contributed by atoms with van der Waals surface area (Å²) >= 11 is 0. The molecule has 1 N–H and O–H groups in total. The Morgan fingerprint density at radius 3 is 2.68 bits per heavy atom. The number of hydrogen-bond acceptors (Lipinski definition) is 7. The zero-order valence-corrected chi connectivity index (χ0v) is 11.3. The van der Waals surface area contributed by atoms with Gasteiger partial charge in [-0.2, -0.15) is 10.2 Å². The van der Waals surface area contributed by atoms with Crippen molar-refractivity contribution in [2.24, 2.45) is 5.92 Å². The van der Waals surface area contributed by atoms with Crippen molar-refractivity contribution in [3.63, 3.8) is 0 Å². The summed E-state index contributed by atoms with van der Waals surface area (Å²) < 4.78 is 0. The zero-order valence-electron chi connectivity index (χ0n) is 11.3. The van der Waals surface area contributed by atoms with Crippen molar-refractivity contribution in [2.75, 3.05) is 30.9 Å². The Morgan fingerprint density at radius 1 is 1.58 bits per heavy atom. The van der Waals surface area contributed by atoms with Crippen LogP contribution in [0.2, 0.25) is 0 Å². The number of nitro groups is 1. The Hall–Kier alpha value is -2.43. The van der Waals surface area contributed by atoms with Crippen LogP contribution in [0.25, 0.3) is 0 Å². The van der Waals surface area contributed by atoms with Crippen LogP contribution in [0.15, 0.2) is 0 Å². The lowest BCUT2D eigenvalue weighted by atomic mass is 10.2. The fourth-order valence-electron chi connectivity index (χ4n) is 1.68. The first kappa shape index (κ1) is 14.6. The molecule has 102 valence electrons. The monoisotopic (exact) mass is 264 g/mol. The van der Waals surface area contributed by atoms with Crippen LogP contribution in [0.5, 0.6) is 0 Å². The fourth-order valence-corrected chi connectivity index (χ4v) is 1.68. The molecule has 0 aliphatic rings. The van der Waals surface area contributed by atoms with Gasteiger partial charge >= 0.3 is 5.69 Å². The smallest absolute Gasteiger partial charge is 0.332 e. The Bertz CT molecular complexity index is 525. The van der Waals surface area contributed by atoms with Gasteiger partial charge in [0.1, 0.15) is 5.69 Å². The van der Waals surface area contributed by atoms with E-state index in [0.717, 1.165) is 0 Å². The second-order valence-corrected chi connectivity index (χ2v) is 4.22. The first-order chi connectivity index (χ1) is 8.90. The van der Waals surface area contributed by atoms with Crippen LogP contribution in [-0.2, 0) is 0 Å². The van der Waals surface area contributed by atoms with E-state index in [-0.39, 0.29) is 23.1 Å². The van der Waals surface area contributed by atoms with Gasteiger partial charge in [0.25, 0.3) is 0 Å². The summed E-state index contributed by atoms with van der Waals surface area (Å²) in [7, 11) is 3.31. The number of anilines is 2. The van der Waals surface area contributed by atoms with E-state index in [1.165, 1.54) is 0 Å². The molecule has 0 aliphatic heterocycles. The minimum absolute atomic E-state index is 0.133. The van der Waals surface area contributed by atoms with Crippen LogP contribution in [-0.4, -0.2) is 35.5 Å². The van der Waals surface area contributed by atoms with Gasteiger partial charge in [-0.3, -0.25) is 10.1 Å². The van der Waals surface area contributed by atoms with E-state index in [4.69, 9.17) is 5.26 Å². The molecule has 19 heavy (non-hydrogen) atoms. The van der Waals surface area contributed by atoms with Crippen molar-refractivity contribution in [3.05, 3.63) is 15.8 Å². The van der Waals surface area contributed by atoms with Crippen LogP contribution in [0.4, 0.5) is 17.5 Å². The van der Waals surface area contributed by atoms with E-state index in [1.807, 2.05) is 0 Å². The molecule has 0 amide bonds. The molecular weight excluding hydrogens is 248 g/mol. The molecule has 0 aromatic carbocycles. The second kappa shape index (κ2) is 5.95. The van der Waals surface area contributed by atoms with Gasteiger partial charge in [-0.15, -0.1) is 0 Å². The molecule has 0 spiro atoms. The number of aryl methyl sites for hydroxylation is 1. The number of hydrogen-bond donors (Lipinski definition) is 1. The summed E-state index contributed by atoms with van der Waals surface area (Å²) in [6.45, 7) is 3.66. The van der Waals surface area contributed by atoms with Crippen LogP contribution >= 0.6 is 0 Å². The van der Waals surface area contributed by atoms with Crippen molar-refractivity contribution < 1.29 is 4.92 Å². The van der Waals surface area contributed by atoms with Crippen molar-refractivity contribution in [2.45, 2.75) is 13.8 Å². The Balaban J connectivity index is 3.27. The minimum Gasteiger partial charge on any atom is -0.357 e. The molecule has 0 saturated carbocycles. The third-order valence-electron chi connectivity index (χ3n) is 2.58. The van der Waals surface area contributed by atoms with E-state index in [0.29, 0.717) is 12.5 Å². The van der Waals surface area contributed by atoms with E-state index in [9.17, 15) is 10.1 Å². The average Bonchev–Trinajstić information content (AvgIpc) is 2.36. The van der Waals surface area contributed by atoms with Gasteiger partial charge in [-0.1, -0.05) is 0 Å². The van der Waals surface area contributed by atoms with Crippen molar-refractivity contribution in [1.82, 2.24) is 9.97 Å². The summed E-state index contributed by atoms with van der Waals surface area (Å²) in [5.41, 5.74) is 0.155. The van der Waals surface area contributed by atoms with E-state index >= 15 is 0 Å². The Morgan fingerprint density at radius 2 is 2.21 bits per heavy atom. The predicted octanol–water partition coefficient (Wildman–Crippen LogP) is 1.33.